The summed E-state index contributed by atoms with van der Waals surface area (Å²) >= 11 is 1.74. The molecule has 0 bridgehead atoms. The van der Waals surface area contributed by atoms with Crippen LogP contribution >= 0.6 is 11.8 Å². The lowest BCUT2D eigenvalue weighted by Gasteiger charge is -2.14. The van der Waals surface area contributed by atoms with Gasteiger partial charge >= 0.3 is 0 Å². The molecule has 0 radical (unpaired) electrons. The predicted octanol–water partition coefficient (Wildman–Crippen LogP) is 1.96. The molecule has 0 unspecified atom stereocenters. The zero-order valence-electron chi connectivity index (χ0n) is 8.77. The van der Waals surface area contributed by atoms with E-state index < -0.39 is 5.91 Å². The first kappa shape index (κ1) is 11.8. The topological polar surface area (TPSA) is 37.4 Å². The molecule has 0 N–H and O–H groups in total. The van der Waals surface area contributed by atoms with E-state index in [1.807, 2.05) is 24.3 Å². The van der Waals surface area contributed by atoms with Gasteiger partial charge in [-0.15, -0.1) is 11.8 Å². The minimum Gasteiger partial charge on any atom is -0.309 e. The summed E-state index contributed by atoms with van der Waals surface area (Å²) in [4.78, 5) is 23.9. The maximum atomic E-state index is 11.1. The molecule has 15 heavy (non-hydrogen) atoms. The highest BCUT2D eigenvalue weighted by Gasteiger charge is 2.08. The summed E-state index contributed by atoms with van der Waals surface area (Å²) < 4.78 is 0. The van der Waals surface area contributed by atoms with Gasteiger partial charge < -0.3 is 4.90 Å². The van der Waals surface area contributed by atoms with E-state index >= 15 is 0 Å². The van der Waals surface area contributed by atoms with Crippen LogP contribution in [0.2, 0.25) is 0 Å². The van der Waals surface area contributed by atoms with E-state index in [9.17, 15) is 9.59 Å². The van der Waals surface area contributed by atoms with Gasteiger partial charge in [-0.2, -0.15) is 0 Å². The fourth-order valence-corrected chi connectivity index (χ4v) is 1.80. The van der Waals surface area contributed by atoms with Crippen molar-refractivity contribution in [2.45, 2.75) is 11.8 Å². The number of amides is 1. The number of likely N-dealkylation sites (N-methyl/N-ethyl adjacent to an activating group) is 1. The normalized spacial score (nSPS) is 9.73. The van der Waals surface area contributed by atoms with Crippen molar-refractivity contribution in [3.63, 3.8) is 0 Å². The number of aldehydes is 1. The summed E-state index contributed by atoms with van der Waals surface area (Å²) in [6.45, 7) is 2.08. The smallest absolute Gasteiger partial charge is 0.290 e. The standard InChI is InChI=1S/C11H13NO2S/c1-3-15-10-6-4-9(5-7-10)12(2)11(14)8-13/h4-8H,3H2,1-2H3. The fraction of sp³-hybridized carbons (Fsp3) is 0.273. The summed E-state index contributed by atoms with van der Waals surface area (Å²) in [7, 11) is 1.58. The fourth-order valence-electron chi connectivity index (χ4n) is 1.14. The molecule has 0 saturated carbocycles. The summed E-state index contributed by atoms with van der Waals surface area (Å²) in [5.41, 5.74) is 0.729. The average Bonchev–Trinajstić information content (AvgIpc) is 2.28. The zero-order valence-corrected chi connectivity index (χ0v) is 9.58. The van der Waals surface area contributed by atoms with Crippen molar-refractivity contribution in [2.75, 3.05) is 17.7 Å². The van der Waals surface area contributed by atoms with Gasteiger partial charge in [0.2, 0.25) is 6.29 Å². The summed E-state index contributed by atoms with van der Waals surface area (Å²) in [5, 5.41) is 0. The van der Waals surface area contributed by atoms with Gasteiger partial charge in [-0.3, -0.25) is 9.59 Å². The summed E-state index contributed by atoms with van der Waals surface area (Å²) in [6, 6.07) is 7.55. The van der Waals surface area contributed by atoms with Gasteiger partial charge in [0.15, 0.2) is 0 Å². The summed E-state index contributed by atoms with van der Waals surface area (Å²) in [6.07, 6.45) is 0.314. The molecule has 3 nitrogen and oxygen atoms in total. The van der Waals surface area contributed by atoms with Crippen LogP contribution in [0.3, 0.4) is 0 Å². The number of nitrogens with zero attached hydrogens (tertiary/aromatic N) is 1. The first-order chi connectivity index (χ1) is 7.19. The Hall–Kier alpha value is -1.29. The van der Waals surface area contributed by atoms with E-state index in [1.165, 1.54) is 4.90 Å². The second kappa shape index (κ2) is 5.56. The number of benzene rings is 1. The Bertz CT molecular complexity index is 348. The molecule has 0 spiro atoms. The van der Waals surface area contributed by atoms with Gasteiger partial charge in [0.25, 0.3) is 5.91 Å². The Labute approximate surface area is 93.5 Å². The van der Waals surface area contributed by atoms with Crippen LogP contribution in [0.5, 0.6) is 0 Å². The van der Waals surface area contributed by atoms with Crippen molar-refractivity contribution in [3.8, 4) is 0 Å². The number of anilines is 1. The maximum absolute atomic E-state index is 11.1. The second-order valence-corrected chi connectivity index (χ2v) is 4.28. The number of carbonyl (C=O) groups excluding carboxylic acids is 2. The zero-order chi connectivity index (χ0) is 11.3. The third-order valence-corrected chi connectivity index (χ3v) is 2.86. The van der Waals surface area contributed by atoms with Gasteiger partial charge in [0.05, 0.1) is 0 Å². The van der Waals surface area contributed by atoms with Gasteiger partial charge in [-0.1, -0.05) is 6.92 Å². The third kappa shape index (κ3) is 3.09. The molecule has 1 rings (SSSR count). The molecular formula is C11H13NO2S. The van der Waals surface area contributed by atoms with E-state index in [0.717, 1.165) is 16.3 Å². The third-order valence-electron chi connectivity index (χ3n) is 1.97. The van der Waals surface area contributed by atoms with Gasteiger partial charge in [0, 0.05) is 17.6 Å². The number of carbonyl (C=O) groups is 2. The van der Waals surface area contributed by atoms with Gasteiger partial charge in [-0.05, 0) is 30.0 Å². The number of hydrogen-bond acceptors (Lipinski definition) is 3. The number of thioether (sulfide) groups is 1. The SMILES string of the molecule is CCSc1ccc(N(C)C(=O)C=O)cc1. The monoisotopic (exact) mass is 223 g/mol. The Morgan fingerprint density at radius 2 is 2.00 bits per heavy atom. The van der Waals surface area contributed by atoms with Gasteiger partial charge in [0.1, 0.15) is 0 Å². The van der Waals surface area contributed by atoms with Crippen molar-refractivity contribution in [1.29, 1.82) is 0 Å². The van der Waals surface area contributed by atoms with Crippen LogP contribution in [0, 0.1) is 0 Å². The molecule has 0 aromatic heterocycles. The molecule has 80 valence electrons. The molecule has 0 saturated heterocycles. The van der Waals surface area contributed by atoms with Crippen molar-refractivity contribution < 1.29 is 9.59 Å². The van der Waals surface area contributed by atoms with E-state index in [-0.39, 0.29) is 0 Å². The van der Waals surface area contributed by atoms with Crippen LogP contribution in [0.4, 0.5) is 5.69 Å². The van der Waals surface area contributed by atoms with Crippen molar-refractivity contribution in [2.24, 2.45) is 0 Å². The van der Waals surface area contributed by atoms with Crippen LogP contribution < -0.4 is 4.90 Å². The Morgan fingerprint density at radius 3 is 2.47 bits per heavy atom. The van der Waals surface area contributed by atoms with E-state index in [2.05, 4.69) is 6.92 Å². The average molecular weight is 223 g/mol. The minimum atomic E-state index is -0.536. The molecule has 0 atom stereocenters. The Kier molecular flexibility index (Phi) is 4.37. The van der Waals surface area contributed by atoms with Crippen LogP contribution in [0.25, 0.3) is 0 Å². The maximum Gasteiger partial charge on any atom is 0.290 e. The van der Waals surface area contributed by atoms with Crippen molar-refractivity contribution >= 4 is 29.6 Å². The van der Waals surface area contributed by atoms with Crippen molar-refractivity contribution in [1.82, 2.24) is 0 Å². The lowest BCUT2D eigenvalue weighted by Crippen LogP contribution is -2.26. The molecule has 1 aromatic rings. The Morgan fingerprint density at radius 1 is 1.40 bits per heavy atom. The molecule has 0 heterocycles. The lowest BCUT2D eigenvalue weighted by atomic mass is 10.3. The van der Waals surface area contributed by atoms with E-state index in [1.54, 1.807) is 18.8 Å². The first-order valence-corrected chi connectivity index (χ1v) is 5.63. The highest BCUT2D eigenvalue weighted by molar-refractivity contribution is 7.99. The predicted molar refractivity (Wildman–Crippen MR) is 62.3 cm³/mol. The van der Waals surface area contributed by atoms with Crippen LogP contribution in [0.15, 0.2) is 29.2 Å². The number of rotatable bonds is 4. The van der Waals surface area contributed by atoms with E-state index in [4.69, 9.17) is 0 Å². The van der Waals surface area contributed by atoms with E-state index in [0.29, 0.717) is 6.29 Å². The molecule has 1 aromatic carbocycles. The lowest BCUT2D eigenvalue weighted by molar-refractivity contribution is -0.129. The number of hydrogen-bond donors (Lipinski definition) is 0. The highest BCUT2D eigenvalue weighted by Crippen LogP contribution is 2.21. The van der Waals surface area contributed by atoms with Crippen LogP contribution in [-0.2, 0) is 9.59 Å². The quantitative estimate of drug-likeness (QED) is 0.445. The summed E-state index contributed by atoms with van der Waals surface area (Å²) in [5.74, 6) is 0.480. The first-order valence-electron chi connectivity index (χ1n) is 4.64. The molecule has 0 aliphatic carbocycles. The molecule has 0 aliphatic heterocycles. The molecule has 0 fully saturated rings. The minimum absolute atomic E-state index is 0.314. The van der Waals surface area contributed by atoms with Crippen molar-refractivity contribution in [3.05, 3.63) is 24.3 Å². The highest BCUT2D eigenvalue weighted by atomic mass is 32.2. The Balaban J connectivity index is 2.79. The van der Waals surface area contributed by atoms with Gasteiger partial charge in [-0.25, -0.2) is 0 Å². The largest absolute Gasteiger partial charge is 0.309 e. The van der Waals surface area contributed by atoms with Crippen LogP contribution in [-0.4, -0.2) is 25.0 Å². The molecule has 0 aliphatic rings. The molecular weight excluding hydrogens is 210 g/mol. The molecule has 1 amide bonds. The second-order valence-electron chi connectivity index (χ2n) is 2.94. The van der Waals surface area contributed by atoms with Crippen LogP contribution in [0.1, 0.15) is 6.92 Å². The molecule has 4 heteroatoms.